The van der Waals surface area contributed by atoms with Crippen LogP contribution < -0.4 is 5.32 Å². The van der Waals surface area contributed by atoms with E-state index >= 15 is 0 Å². The molecule has 6 nitrogen and oxygen atoms in total. The fourth-order valence-corrected chi connectivity index (χ4v) is 5.21. The monoisotopic (exact) mass is 498 g/mol. The molecule has 0 radical (unpaired) electrons. The Labute approximate surface area is 212 Å². The molecule has 1 N–H and O–H groups in total. The maximum Gasteiger partial charge on any atom is 0.410 e. The summed E-state index contributed by atoms with van der Waals surface area (Å²) in [5, 5.41) is 3.81. The fraction of sp³-hybridized carbons (Fsp3) is 0.500. The number of aryl methyl sites for hydroxylation is 1. The molecule has 4 rings (SSSR count). The number of halogens is 1. The van der Waals surface area contributed by atoms with Gasteiger partial charge in [0.1, 0.15) is 5.60 Å². The van der Waals surface area contributed by atoms with Crippen molar-refractivity contribution in [3.63, 3.8) is 0 Å². The Hall–Kier alpha value is -2.73. The molecule has 1 saturated heterocycles. The molecule has 0 bridgehead atoms. The molecule has 7 heteroatoms. The van der Waals surface area contributed by atoms with Crippen molar-refractivity contribution >= 4 is 23.8 Å². The molecule has 2 aromatic rings. The maximum absolute atomic E-state index is 12.4. The van der Waals surface area contributed by atoms with Gasteiger partial charge in [-0.15, -0.1) is 0 Å². The summed E-state index contributed by atoms with van der Waals surface area (Å²) in [4.78, 5) is 26.4. The van der Waals surface area contributed by atoms with Crippen molar-refractivity contribution in [2.45, 2.75) is 70.4 Å². The number of hydrogen-bond donors (Lipinski definition) is 1. The lowest BCUT2D eigenvalue weighted by Crippen LogP contribution is -2.50. The average molecular weight is 499 g/mol. The zero-order valence-electron chi connectivity index (χ0n) is 21.0. The predicted octanol–water partition coefficient (Wildman–Crippen LogP) is 6.06. The maximum atomic E-state index is 12.4. The van der Waals surface area contributed by atoms with E-state index in [1.54, 1.807) is 4.90 Å². The van der Waals surface area contributed by atoms with Crippen molar-refractivity contribution in [3.05, 3.63) is 69.7 Å². The highest BCUT2D eigenvalue weighted by Gasteiger charge is 2.36. The molecule has 2 atom stereocenters. The van der Waals surface area contributed by atoms with Gasteiger partial charge in [-0.25, -0.2) is 9.59 Å². The van der Waals surface area contributed by atoms with Crippen LogP contribution >= 0.6 is 11.6 Å². The van der Waals surface area contributed by atoms with E-state index < -0.39 is 5.60 Å². The first-order chi connectivity index (χ1) is 16.6. The number of carbonyl (C=O) groups excluding carboxylic acids is 2. The van der Waals surface area contributed by atoms with Crippen molar-refractivity contribution in [3.8, 4) is 0 Å². The molecule has 2 unspecified atom stereocenters. The lowest BCUT2D eigenvalue weighted by atomic mass is 9.74. The van der Waals surface area contributed by atoms with Crippen LogP contribution in [0.1, 0.15) is 68.2 Å². The normalized spacial score (nSPS) is 20.0. The number of carbonyl (C=O) groups is 2. The third-order valence-electron chi connectivity index (χ3n) is 6.71. The van der Waals surface area contributed by atoms with E-state index in [1.807, 2.05) is 45.9 Å². The van der Waals surface area contributed by atoms with Crippen LogP contribution in [0.4, 0.5) is 9.59 Å². The van der Waals surface area contributed by atoms with Gasteiger partial charge in [0.2, 0.25) is 0 Å². The first-order valence-corrected chi connectivity index (χ1v) is 12.8. The summed E-state index contributed by atoms with van der Waals surface area (Å²) in [5.74, 6) is 0.377. The molecule has 1 fully saturated rings. The van der Waals surface area contributed by atoms with E-state index in [9.17, 15) is 9.59 Å². The Balaban J connectivity index is 1.55. The van der Waals surface area contributed by atoms with E-state index in [1.165, 1.54) is 16.7 Å². The number of fused-ring (bicyclic) bond motifs is 1. The van der Waals surface area contributed by atoms with Gasteiger partial charge in [0.25, 0.3) is 0 Å². The second-order valence-electron chi connectivity index (χ2n) is 10.5. The minimum absolute atomic E-state index is 0.0320. The van der Waals surface area contributed by atoms with Crippen LogP contribution in [0.2, 0.25) is 5.02 Å². The van der Waals surface area contributed by atoms with Gasteiger partial charge < -0.3 is 19.7 Å². The van der Waals surface area contributed by atoms with Crippen LogP contribution in [0.25, 0.3) is 0 Å². The molecule has 35 heavy (non-hydrogen) atoms. The highest BCUT2D eigenvalue weighted by atomic mass is 35.5. The highest BCUT2D eigenvalue weighted by molar-refractivity contribution is 6.30. The van der Waals surface area contributed by atoms with Crippen LogP contribution in [-0.2, 0) is 22.3 Å². The lowest BCUT2D eigenvalue weighted by molar-refractivity contribution is 0.00818. The van der Waals surface area contributed by atoms with Crippen molar-refractivity contribution in [1.82, 2.24) is 10.2 Å². The molecule has 1 aliphatic heterocycles. The summed E-state index contributed by atoms with van der Waals surface area (Å²) in [6.07, 6.45) is 1.88. The fourth-order valence-electron chi connectivity index (χ4n) is 5.00. The first-order valence-electron chi connectivity index (χ1n) is 12.4. The van der Waals surface area contributed by atoms with Crippen LogP contribution in [-0.4, -0.2) is 48.4 Å². The number of benzene rings is 2. The number of alkyl carbamates (subject to hydrolysis) is 1. The quantitative estimate of drug-likeness (QED) is 0.544. The predicted molar refractivity (Wildman–Crippen MR) is 137 cm³/mol. The Morgan fingerprint density at radius 1 is 1.14 bits per heavy atom. The van der Waals surface area contributed by atoms with Crippen molar-refractivity contribution < 1.29 is 19.1 Å². The van der Waals surface area contributed by atoms with Crippen LogP contribution in [0.5, 0.6) is 0 Å². The molecule has 1 heterocycles. The first kappa shape index (κ1) is 25.4. The van der Waals surface area contributed by atoms with Crippen LogP contribution in [0.15, 0.2) is 42.5 Å². The molecular weight excluding hydrogens is 464 g/mol. The van der Waals surface area contributed by atoms with Crippen molar-refractivity contribution in [2.24, 2.45) is 0 Å². The smallest absolute Gasteiger partial charge is 0.410 e. The number of hydrogen-bond acceptors (Lipinski definition) is 4. The number of nitrogens with zero attached hydrogens (tertiary/aromatic N) is 1. The minimum atomic E-state index is -0.498. The van der Waals surface area contributed by atoms with E-state index in [-0.39, 0.29) is 30.1 Å². The Bertz CT molecular complexity index is 1070. The highest BCUT2D eigenvalue weighted by Crippen LogP contribution is 2.38. The largest absolute Gasteiger partial charge is 0.450 e. The minimum Gasteiger partial charge on any atom is -0.450 e. The second-order valence-corrected chi connectivity index (χ2v) is 10.9. The number of likely N-dealkylation sites (tertiary alicyclic amines) is 1. The number of ether oxygens (including phenoxy) is 2. The molecule has 2 amide bonds. The molecule has 2 aliphatic rings. The van der Waals surface area contributed by atoms with E-state index in [2.05, 4.69) is 29.6 Å². The van der Waals surface area contributed by atoms with Gasteiger partial charge in [-0.1, -0.05) is 41.9 Å². The van der Waals surface area contributed by atoms with Crippen molar-refractivity contribution in [2.75, 3.05) is 19.7 Å². The van der Waals surface area contributed by atoms with E-state index in [0.29, 0.717) is 24.7 Å². The lowest BCUT2D eigenvalue weighted by Gasteiger charge is -2.41. The summed E-state index contributed by atoms with van der Waals surface area (Å²) in [7, 11) is 0. The summed E-state index contributed by atoms with van der Waals surface area (Å²) < 4.78 is 10.7. The molecule has 1 aliphatic carbocycles. The number of rotatable bonds is 5. The van der Waals surface area contributed by atoms with Crippen molar-refractivity contribution in [1.29, 1.82) is 0 Å². The molecule has 2 aromatic carbocycles. The SMILES string of the molecule is CCOC(=O)NC1CCc2ccc(C3CN(C(=O)OC(C)(C)C)C3)cc2C1Cc1cccc(Cl)c1. The second kappa shape index (κ2) is 10.5. The standard InChI is InChI=1S/C28H35ClN2O4/c1-5-34-26(32)30-25-12-11-19-9-10-20(21-16-31(17-21)27(33)35-28(2,3)4)15-23(19)24(25)14-18-7-6-8-22(29)13-18/h6-10,13,15,21,24-25H,5,11-12,14,16-17H2,1-4H3,(H,30,32). The number of nitrogens with one attached hydrogen (secondary N) is 1. The Morgan fingerprint density at radius 3 is 2.60 bits per heavy atom. The van der Waals surface area contributed by atoms with Gasteiger partial charge in [-0.3, -0.25) is 0 Å². The van der Waals surface area contributed by atoms with Gasteiger partial charge in [-0.05, 0) is 81.3 Å². The third-order valence-corrected chi connectivity index (χ3v) is 6.94. The van der Waals surface area contributed by atoms with Gasteiger partial charge in [0, 0.05) is 36.0 Å². The zero-order valence-corrected chi connectivity index (χ0v) is 21.7. The van der Waals surface area contributed by atoms with Gasteiger partial charge in [-0.2, -0.15) is 0 Å². The van der Waals surface area contributed by atoms with Gasteiger partial charge >= 0.3 is 12.2 Å². The Kier molecular flexibility index (Phi) is 7.60. The number of amides is 2. The van der Waals surface area contributed by atoms with Crippen LogP contribution in [0.3, 0.4) is 0 Å². The summed E-state index contributed by atoms with van der Waals surface area (Å²) in [5.41, 5.74) is 4.42. The average Bonchev–Trinajstić information content (AvgIpc) is 2.73. The Morgan fingerprint density at radius 2 is 1.91 bits per heavy atom. The van der Waals surface area contributed by atoms with Gasteiger partial charge in [0.15, 0.2) is 0 Å². The van der Waals surface area contributed by atoms with Gasteiger partial charge in [0.05, 0.1) is 6.61 Å². The van der Waals surface area contributed by atoms with E-state index in [4.69, 9.17) is 21.1 Å². The topological polar surface area (TPSA) is 67.9 Å². The summed E-state index contributed by atoms with van der Waals surface area (Å²) in [6, 6.07) is 14.6. The van der Waals surface area contributed by atoms with Crippen LogP contribution in [0, 0.1) is 0 Å². The third kappa shape index (κ3) is 6.29. The molecule has 0 aromatic heterocycles. The summed E-state index contributed by atoms with van der Waals surface area (Å²) in [6.45, 7) is 9.10. The summed E-state index contributed by atoms with van der Waals surface area (Å²) >= 11 is 6.26. The molecule has 188 valence electrons. The molecule has 0 saturated carbocycles. The molecule has 0 spiro atoms. The zero-order chi connectivity index (χ0) is 25.2. The molecular formula is C28H35ClN2O4. The van der Waals surface area contributed by atoms with E-state index in [0.717, 1.165) is 24.8 Å².